The van der Waals surface area contributed by atoms with Crippen LogP contribution in [0.3, 0.4) is 0 Å². The van der Waals surface area contributed by atoms with Crippen molar-refractivity contribution in [3.8, 4) is 0 Å². The lowest BCUT2D eigenvalue weighted by Gasteiger charge is -2.39. The summed E-state index contributed by atoms with van der Waals surface area (Å²) < 4.78 is 0. The van der Waals surface area contributed by atoms with Gasteiger partial charge in [-0.25, -0.2) is 0 Å². The van der Waals surface area contributed by atoms with Crippen molar-refractivity contribution in [2.75, 3.05) is 6.61 Å². The first-order chi connectivity index (χ1) is 8.97. The van der Waals surface area contributed by atoms with Crippen molar-refractivity contribution in [3.05, 3.63) is 0 Å². The maximum absolute atomic E-state index is 10.3. The Bertz CT molecular complexity index is 285. The molecule has 5 N–H and O–H groups in total. The van der Waals surface area contributed by atoms with E-state index in [1.165, 1.54) is 11.8 Å². The van der Waals surface area contributed by atoms with Gasteiger partial charge in [0.25, 0.3) is 0 Å². The van der Waals surface area contributed by atoms with Crippen LogP contribution in [0.25, 0.3) is 0 Å². The van der Waals surface area contributed by atoms with Crippen LogP contribution < -0.4 is 0 Å². The van der Waals surface area contributed by atoms with Gasteiger partial charge in [-0.1, -0.05) is 12.8 Å². The Kier molecular flexibility index (Phi) is 7.09. The fourth-order valence-electron chi connectivity index (χ4n) is 2.22. The van der Waals surface area contributed by atoms with Gasteiger partial charge in [0.05, 0.1) is 24.1 Å². The molecule has 0 radical (unpaired) electrons. The number of unbranched alkanes of at least 4 members (excludes halogenated alkanes) is 2. The predicted octanol–water partition coefficient (Wildman–Crippen LogP) is -0.420. The lowest BCUT2D eigenvalue weighted by Crippen LogP contribution is -2.53. The predicted molar refractivity (Wildman–Crippen MR) is 71.0 cm³/mol. The van der Waals surface area contributed by atoms with Gasteiger partial charge < -0.3 is 25.5 Å². The summed E-state index contributed by atoms with van der Waals surface area (Å²) in [5.41, 5.74) is 0. The maximum Gasteiger partial charge on any atom is 0.303 e. The van der Waals surface area contributed by atoms with E-state index in [1.54, 1.807) is 0 Å². The number of hydrogen-bond donors (Lipinski definition) is 5. The van der Waals surface area contributed by atoms with Crippen molar-refractivity contribution < 1.29 is 30.3 Å². The number of aliphatic hydroxyl groups is 4. The molecule has 7 heteroatoms. The SMILES string of the molecule is O=C(O)CCCCC[C@@H]1S[C@H](CO)[C@@H](O)[C@H](O)[C@H]1O. The highest BCUT2D eigenvalue weighted by Crippen LogP contribution is 2.35. The number of carbonyl (C=O) groups is 1. The van der Waals surface area contributed by atoms with Crippen LogP contribution in [-0.2, 0) is 4.79 Å². The van der Waals surface area contributed by atoms with E-state index in [4.69, 9.17) is 10.2 Å². The first-order valence-electron chi connectivity index (χ1n) is 6.49. The van der Waals surface area contributed by atoms with Crippen LogP contribution in [0.15, 0.2) is 0 Å². The van der Waals surface area contributed by atoms with Gasteiger partial charge in [0.1, 0.15) is 6.10 Å². The Balaban J connectivity index is 2.33. The van der Waals surface area contributed by atoms with Gasteiger partial charge in [0, 0.05) is 11.7 Å². The number of rotatable bonds is 7. The molecule has 1 aliphatic rings. The van der Waals surface area contributed by atoms with E-state index >= 15 is 0 Å². The number of aliphatic hydroxyl groups excluding tert-OH is 4. The van der Waals surface area contributed by atoms with E-state index < -0.39 is 29.5 Å². The molecular formula is C12H22O6S. The van der Waals surface area contributed by atoms with Crippen molar-refractivity contribution >= 4 is 17.7 Å². The molecular weight excluding hydrogens is 272 g/mol. The van der Waals surface area contributed by atoms with Gasteiger partial charge in [0.15, 0.2) is 0 Å². The number of carboxylic acid groups (broad SMARTS) is 1. The molecule has 112 valence electrons. The fraction of sp³-hybridized carbons (Fsp3) is 0.917. The first-order valence-corrected chi connectivity index (χ1v) is 7.44. The average molecular weight is 294 g/mol. The van der Waals surface area contributed by atoms with Gasteiger partial charge in [-0.15, -0.1) is 11.8 Å². The van der Waals surface area contributed by atoms with Crippen LogP contribution >= 0.6 is 11.8 Å². The zero-order chi connectivity index (χ0) is 14.4. The zero-order valence-electron chi connectivity index (χ0n) is 10.7. The number of carboxylic acids is 1. The van der Waals surface area contributed by atoms with E-state index in [2.05, 4.69) is 0 Å². The molecule has 1 rings (SSSR count). The number of aliphatic carboxylic acids is 1. The Morgan fingerprint density at radius 2 is 1.58 bits per heavy atom. The summed E-state index contributed by atoms with van der Waals surface area (Å²) in [4.78, 5) is 10.3. The second kappa shape index (κ2) is 8.06. The fourth-order valence-corrected chi connectivity index (χ4v) is 3.70. The topological polar surface area (TPSA) is 118 Å². The molecule has 0 saturated carbocycles. The summed E-state index contributed by atoms with van der Waals surface area (Å²) in [6.45, 7) is -0.245. The van der Waals surface area contributed by atoms with E-state index in [1.807, 2.05) is 0 Å². The van der Waals surface area contributed by atoms with Crippen molar-refractivity contribution in [2.24, 2.45) is 0 Å². The molecule has 1 saturated heterocycles. The first kappa shape index (κ1) is 16.7. The lowest BCUT2D eigenvalue weighted by molar-refractivity contribution is -0.137. The quantitative estimate of drug-likeness (QED) is 0.405. The molecule has 0 aromatic heterocycles. The molecule has 1 fully saturated rings. The second-order valence-electron chi connectivity index (χ2n) is 4.86. The third kappa shape index (κ3) is 4.92. The third-order valence-electron chi connectivity index (χ3n) is 3.37. The average Bonchev–Trinajstić information content (AvgIpc) is 2.37. The molecule has 0 spiro atoms. The van der Waals surface area contributed by atoms with Crippen LogP contribution in [0.4, 0.5) is 0 Å². The molecule has 0 unspecified atom stereocenters. The van der Waals surface area contributed by atoms with Gasteiger partial charge in [0.2, 0.25) is 0 Å². The summed E-state index contributed by atoms with van der Waals surface area (Å²) in [5.74, 6) is -0.814. The number of hydrogen-bond acceptors (Lipinski definition) is 6. The molecule has 0 amide bonds. The van der Waals surface area contributed by atoms with Crippen LogP contribution in [0.2, 0.25) is 0 Å². The van der Waals surface area contributed by atoms with Crippen LogP contribution in [0.5, 0.6) is 0 Å². The smallest absolute Gasteiger partial charge is 0.303 e. The maximum atomic E-state index is 10.3. The highest BCUT2D eigenvalue weighted by atomic mass is 32.2. The zero-order valence-corrected chi connectivity index (χ0v) is 11.5. The molecule has 0 aliphatic carbocycles. The summed E-state index contributed by atoms with van der Waals surface area (Å²) in [5, 5.41) is 46.1. The largest absolute Gasteiger partial charge is 0.481 e. The Morgan fingerprint density at radius 1 is 0.947 bits per heavy atom. The molecule has 0 aromatic rings. The van der Waals surface area contributed by atoms with Crippen LogP contribution in [0, 0.1) is 0 Å². The van der Waals surface area contributed by atoms with Crippen molar-refractivity contribution in [1.82, 2.24) is 0 Å². The summed E-state index contributed by atoms with van der Waals surface area (Å²) in [7, 11) is 0. The minimum absolute atomic E-state index is 0.140. The number of thioether (sulfide) groups is 1. The van der Waals surface area contributed by atoms with Crippen molar-refractivity contribution in [3.63, 3.8) is 0 Å². The van der Waals surface area contributed by atoms with Gasteiger partial charge >= 0.3 is 5.97 Å². The molecule has 6 nitrogen and oxygen atoms in total. The van der Waals surface area contributed by atoms with E-state index in [9.17, 15) is 20.1 Å². The van der Waals surface area contributed by atoms with E-state index in [0.29, 0.717) is 12.8 Å². The normalized spacial score (nSPS) is 35.3. The summed E-state index contributed by atoms with van der Waals surface area (Å²) in [6.07, 6.45) is -0.496. The minimum atomic E-state index is -1.23. The summed E-state index contributed by atoms with van der Waals surface area (Å²) in [6, 6.07) is 0. The second-order valence-corrected chi connectivity index (χ2v) is 6.34. The van der Waals surface area contributed by atoms with Gasteiger partial charge in [-0.2, -0.15) is 0 Å². The van der Waals surface area contributed by atoms with Crippen LogP contribution in [0.1, 0.15) is 32.1 Å². The standard InChI is InChI=1S/C12H22O6S/c13-6-8-11(17)12(18)10(16)7(19-8)4-2-1-3-5-9(14)15/h7-8,10-13,16-18H,1-6H2,(H,14,15)/t7-,8+,10-,11+,12+/m0/s1. The Morgan fingerprint density at radius 3 is 2.16 bits per heavy atom. The van der Waals surface area contributed by atoms with Gasteiger partial charge in [-0.3, -0.25) is 4.79 Å². The lowest BCUT2D eigenvalue weighted by atomic mass is 9.98. The Hall–Kier alpha value is -0.340. The molecule has 1 heterocycles. The highest BCUT2D eigenvalue weighted by molar-refractivity contribution is 8.00. The van der Waals surface area contributed by atoms with Crippen molar-refractivity contribution in [1.29, 1.82) is 0 Å². The van der Waals surface area contributed by atoms with E-state index in [0.717, 1.165) is 12.8 Å². The molecule has 5 atom stereocenters. The van der Waals surface area contributed by atoms with Crippen LogP contribution in [-0.4, -0.2) is 66.9 Å². The molecule has 0 bridgehead atoms. The minimum Gasteiger partial charge on any atom is -0.481 e. The third-order valence-corrected chi connectivity index (χ3v) is 5.01. The monoisotopic (exact) mass is 294 g/mol. The van der Waals surface area contributed by atoms with Gasteiger partial charge in [-0.05, 0) is 12.8 Å². The Labute approximate surface area is 116 Å². The molecule has 0 aromatic carbocycles. The van der Waals surface area contributed by atoms with Crippen molar-refractivity contribution in [2.45, 2.75) is 60.9 Å². The highest BCUT2D eigenvalue weighted by Gasteiger charge is 2.42. The summed E-state index contributed by atoms with van der Waals surface area (Å²) >= 11 is 1.29. The molecule has 19 heavy (non-hydrogen) atoms. The van der Waals surface area contributed by atoms with E-state index in [-0.39, 0.29) is 18.3 Å². The molecule has 1 aliphatic heterocycles.